The number of hydrogen-bond acceptors (Lipinski definition) is 1. The summed E-state index contributed by atoms with van der Waals surface area (Å²) in [6.45, 7) is 2.27. The fourth-order valence-corrected chi connectivity index (χ4v) is 1.58. The number of nitrogens with zero attached hydrogens (tertiary/aromatic N) is 1. The van der Waals surface area contributed by atoms with Crippen molar-refractivity contribution in [3.05, 3.63) is 5.70 Å². The SMILES string of the molecule is CCCCCCCCCCC1=C=N1. The second-order valence-electron chi connectivity index (χ2n) is 3.90. The molecule has 0 aliphatic carbocycles. The zero-order chi connectivity index (χ0) is 9.36. The fourth-order valence-electron chi connectivity index (χ4n) is 1.58. The lowest BCUT2D eigenvalue weighted by Gasteiger charge is -1.99. The Morgan fingerprint density at radius 3 is 2.00 bits per heavy atom. The van der Waals surface area contributed by atoms with E-state index < -0.39 is 0 Å². The third-order valence-electron chi connectivity index (χ3n) is 2.54. The van der Waals surface area contributed by atoms with E-state index in [1.807, 2.05) is 0 Å². The zero-order valence-electron chi connectivity index (χ0n) is 8.81. The van der Waals surface area contributed by atoms with Crippen LogP contribution < -0.4 is 0 Å². The van der Waals surface area contributed by atoms with Gasteiger partial charge >= 0.3 is 0 Å². The molecule has 0 N–H and O–H groups in total. The van der Waals surface area contributed by atoms with E-state index in [2.05, 4.69) is 17.8 Å². The predicted molar refractivity (Wildman–Crippen MR) is 58.2 cm³/mol. The van der Waals surface area contributed by atoms with Gasteiger partial charge in [-0.25, -0.2) is 0 Å². The number of aliphatic imine (C=N–C) groups is 1. The first-order valence-electron chi connectivity index (χ1n) is 5.76. The molecule has 0 fully saturated rings. The Bertz CT molecular complexity index is 187. The van der Waals surface area contributed by atoms with E-state index in [9.17, 15) is 0 Å². The minimum absolute atomic E-state index is 1.18. The second kappa shape index (κ2) is 6.91. The van der Waals surface area contributed by atoms with Crippen molar-refractivity contribution in [2.45, 2.75) is 64.7 Å². The van der Waals surface area contributed by atoms with Crippen LogP contribution in [-0.2, 0) is 0 Å². The van der Waals surface area contributed by atoms with Crippen LogP contribution in [0.25, 0.3) is 0 Å². The molecule has 0 aromatic rings. The largest absolute Gasteiger partial charge is 0.199 e. The Balaban J connectivity index is 1.66. The van der Waals surface area contributed by atoms with Crippen LogP contribution in [0.2, 0.25) is 0 Å². The quantitative estimate of drug-likeness (QED) is 0.473. The zero-order valence-corrected chi connectivity index (χ0v) is 8.81. The van der Waals surface area contributed by atoms with Gasteiger partial charge in [-0.05, 0) is 12.8 Å². The molecule has 0 atom stereocenters. The van der Waals surface area contributed by atoms with Gasteiger partial charge in [-0.3, -0.25) is 0 Å². The third kappa shape index (κ3) is 6.60. The molecule has 74 valence electrons. The van der Waals surface area contributed by atoms with Gasteiger partial charge in [0.2, 0.25) is 0 Å². The van der Waals surface area contributed by atoms with Gasteiger partial charge in [0.1, 0.15) is 5.70 Å². The number of allylic oxidation sites excluding steroid dienone is 1. The highest BCUT2D eigenvalue weighted by Crippen LogP contribution is 2.14. The number of rotatable bonds is 9. The molecule has 0 saturated heterocycles. The minimum Gasteiger partial charge on any atom is -0.199 e. The highest BCUT2D eigenvalue weighted by molar-refractivity contribution is 5.71. The molecule has 1 aliphatic rings. The molecule has 0 spiro atoms. The molecular formula is C12H21N. The van der Waals surface area contributed by atoms with Gasteiger partial charge in [-0.15, -0.1) is 0 Å². The highest BCUT2D eigenvalue weighted by atomic mass is 14.8. The summed E-state index contributed by atoms with van der Waals surface area (Å²) >= 11 is 0. The van der Waals surface area contributed by atoms with Crippen molar-refractivity contribution in [3.8, 4) is 0 Å². The molecule has 0 radical (unpaired) electrons. The van der Waals surface area contributed by atoms with E-state index in [1.165, 1.54) is 63.5 Å². The van der Waals surface area contributed by atoms with Crippen LogP contribution in [0.5, 0.6) is 0 Å². The molecule has 1 aliphatic heterocycles. The second-order valence-corrected chi connectivity index (χ2v) is 3.90. The number of hydrogen-bond donors (Lipinski definition) is 0. The van der Waals surface area contributed by atoms with Crippen LogP contribution in [-0.4, -0.2) is 5.87 Å². The van der Waals surface area contributed by atoms with Gasteiger partial charge < -0.3 is 0 Å². The smallest absolute Gasteiger partial charge is 0.111 e. The van der Waals surface area contributed by atoms with Crippen molar-refractivity contribution < 1.29 is 0 Å². The summed E-state index contributed by atoms with van der Waals surface area (Å²) in [6.07, 6.45) is 12.4. The Labute approximate surface area is 82.0 Å². The number of unbranched alkanes of at least 4 members (excludes halogenated alkanes) is 7. The molecule has 0 bridgehead atoms. The Kier molecular flexibility index (Phi) is 5.60. The maximum atomic E-state index is 3.93. The van der Waals surface area contributed by atoms with Gasteiger partial charge in [0.25, 0.3) is 0 Å². The van der Waals surface area contributed by atoms with E-state index in [4.69, 9.17) is 0 Å². The van der Waals surface area contributed by atoms with E-state index >= 15 is 0 Å². The topological polar surface area (TPSA) is 12.4 Å². The Hall–Kier alpha value is -0.550. The minimum atomic E-state index is 1.18. The highest BCUT2D eigenvalue weighted by Gasteiger charge is 2.00. The summed E-state index contributed by atoms with van der Waals surface area (Å²) in [4.78, 5) is 3.93. The van der Waals surface area contributed by atoms with Crippen LogP contribution in [0, 0.1) is 0 Å². The Morgan fingerprint density at radius 2 is 1.46 bits per heavy atom. The summed E-state index contributed by atoms with van der Waals surface area (Å²) in [6, 6.07) is 0. The molecule has 0 aromatic carbocycles. The van der Waals surface area contributed by atoms with Gasteiger partial charge in [-0.2, -0.15) is 4.99 Å². The van der Waals surface area contributed by atoms with Crippen LogP contribution in [0.1, 0.15) is 64.7 Å². The normalized spacial score (nSPS) is 13.2. The first-order chi connectivity index (χ1) is 6.43. The maximum Gasteiger partial charge on any atom is 0.111 e. The predicted octanol–water partition coefficient (Wildman–Crippen LogP) is 4.08. The molecule has 1 rings (SSSR count). The molecule has 1 nitrogen and oxygen atoms in total. The van der Waals surface area contributed by atoms with E-state index in [1.54, 1.807) is 0 Å². The van der Waals surface area contributed by atoms with Crippen molar-refractivity contribution in [1.29, 1.82) is 0 Å². The lowest BCUT2D eigenvalue weighted by atomic mass is 10.1. The lowest BCUT2D eigenvalue weighted by Crippen LogP contribution is -1.80. The van der Waals surface area contributed by atoms with Crippen molar-refractivity contribution >= 4 is 5.87 Å². The Morgan fingerprint density at radius 1 is 0.923 bits per heavy atom. The van der Waals surface area contributed by atoms with Crippen LogP contribution in [0.15, 0.2) is 10.7 Å². The van der Waals surface area contributed by atoms with Gasteiger partial charge in [0.05, 0.1) is 0 Å². The standard InChI is InChI=1S/C12H21N/c1-2-3-4-5-6-7-8-9-10-12-11-13-12/h2-10H2,1H3. The van der Waals surface area contributed by atoms with Crippen LogP contribution in [0.4, 0.5) is 0 Å². The molecule has 1 heterocycles. The first kappa shape index (κ1) is 10.5. The molecule has 0 unspecified atom stereocenters. The lowest BCUT2D eigenvalue weighted by molar-refractivity contribution is 0.576. The maximum absolute atomic E-state index is 3.93. The molecule has 13 heavy (non-hydrogen) atoms. The molecule has 0 saturated carbocycles. The molecule has 0 aromatic heterocycles. The molecular weight excluding hydrogens is 158 g/mol. The van der Waals surface area contributed by atoms with Gasteiger partial charge in [-0.1, -0.05) is 51.9 Å². The average Bonchev–Trinajstić information content (AvgIpc) is 2.93. The summed E-state index contributed by atoms with van der Waals surface area (Å²) in [5.74, 6) is 2.89. The summed E-state index contributed by atoms with van der Waals surface area (Å²) in [5, 5.41) is 0. The van der Waals surface area contributed by atoms with Crippen molar-refractivity contribution in [3.63, 3.8) is 0 Å². The summed E-state index contributed by atoms with van der Waals surface area (Å²) in [7, 11) is 0. The fraction of sp³-hybridized carbons (Fsp3) is 0.833. The molecule has 1 heteroatoms. The summed E-state index contributed by atoms with van der Waals surface area (Å²) in [5.41, 5.74) is 1.21. The first-order valence-corrected chi connectivity index (χ1v) is 5.76. The van der Waals surface area contributed by atoms with E-state index in [-0.39, 0.29) is 0 Å². The van der Waals surface area contributed by atoms with Gasteiger partial charge in [0.15, 0.2) is 0 Å². The van der Waals surface area contributed by atoms with E-state index in [0.717, 1.165) is 0 Å². The van der Waals surface area contributed by atoms with Crippen molar-refractivity contribution in [2.24, 2.45) is 4.99 Å². The molecule has 0 amide bonds. The van der Waals surface area contributed by atoms with Crippen LogP contribution in [0.3, 0.4) is 0 Å². The van der Waals surface area contributed by atoms with Crippen LogP contribution >= 0.6 is 0 Å². The van der Waals surface area contributed by atoms with E-state index in [0.29, 0.717) is 0 Å². The average molecular weight is 179 g/mol. The summed E-state index contributed by atoms with van der Waals surface area (Å²) < 4.78 is 0. The van der Waals surface area contributed by atoms with Crippen molar-refractivity contribution in [2.75, 3.05) is 0 Å². The third-order valence-corrected chi connectivity index (χ3v) is 2.54. The monoisotopic (exact) mass is 179 g/mol. The van der Waals surface area contributed by atoms with Gasteiger partial charge in [0, 0.05) is 5.87 Å². The van der Waals surface area contributed by atoms with Crippen molar-refractivity contribution in [1.82, 2.24) is 0 Å².